The van der Waals surface area contributed by atoms with Crippen LogP contribution in [-0.2, 0) is 4.79 Å². The van der Waals surface area contributed by atoms with Crippen LogP contribution in [0.15, 0.2) is 60.2 Å². The second-order valence-corrected chi connectivity index (χ2v) is 10.7. The van der Waals surface area contributed by atoms with Crippen molar-refractivity contribution in [3.05, 3.63) is 94.0 Å². The maximum atomic E-state index is 13.0. The number of nitrogens with zero attached hydrogens (tertiary/aromatic N) is 4. The standard InChI is InChI=1S/C28H30N6OS2/c1-17-8-9-18(2)23(15-17)31-24(35)10-13-33-26(25(32-27(33)36)22-7-5-6-11-29-22)21-16-19(3)34(20(21)4)28-30-12-14-37-28/h5-9,11-12,14-16,25-26H,10,13H2,1-4H3,(H,31,35)(H,32,36)/t25-,26-/m1/s1. The molecule has 0 unspecified atom stereocenters. The molecule has 1 fully saturated rings. The van der Waals surface area contributed by atoms with Gasteiger partial charge in [-0.1, -0.05) is 18.2 Å². The van der Waals surface area contributed by atoms with Gasteiger partial charge < -0.3 is 15.5 Å². The number of carbonyl (C=O) groups is 1. The lowest BCUT2D eigenvalue weighted by molar-refractivity contribution is -0.116. The van der Waals surface area contributed by atoms with Gasteiger partial charge in [0.2, 0.25) is 5.91 Å². The second-order valence-electron chi connectivity index (χ2n) is 9.41. The molecule has 0 bridgehead atoms. The van der Waals surface area contributed by atoms with Gasteiger partial charge in [0.1, 0.15) is 0 Å². The zero-order valence-electron chi connectivity index (χ0n) is 21.4. The predicted molar refractivity (Wildman–Crippen MR) is 152 cm³/mol. The van der Waals surface area contributed by atoms with Crippen LogP contribution in [0.2, 0.25) is 0 Å². The van der Waals surface area contributed by atoms with Crippen molar-refractivity contribution in [1.82, 2.24) is 24.8 Å². The molecule has 1 aliphatic heterocycles. The van der Waals surface area contributed by atoms with Gasteiger partial charge in [-0.2, -0.15) is 0 Å². The number of anilines is 1. The topological polar surface area (TPSA) is 75.1 Å². The molecule has 5 rings (SSSR count). The number of nitrogens with one attached hydrogen (secondary N) is 2. The van der Waals surface area contributed by atoms with E-state index in [1.54, 1.807) is 17.5 Å². The molecule has 190 valence electrons. The monoisotopic (exact) mass is 530 g/mol. The number of aromatic nitrogens is 3. The van der Waals surface area contributed by atoms with Crippen LogP contribution in [0.25, 0.3) is 5.13 Å². The fourth-order valence-electron chi connectivity index (χ4n) is 5.00. The number of benzene rings is 1. The van der Waals surface area contributed by atoms with E-state index in [-0.39, 0.29) is 18.0 Å². The second kappa shape index (κ2) is 10.4. The molecular formula is C28H30N6OS2. The Bertz CT molecular complexity index is 1430. The van der Waals surface area contributed by atoms with Gasteiger partial charge in [-0.25, -0.2) is 4.98 Å². The molecule has 2 N–H and O–H groups in total. The number of hydrogen-bond acceptors (Lipinski definition) is 5. The quantitative estimate of drug-likeness (QED) is 0.305. The first-order valence-electron chi connectivity index (χ1n) is 12.3. The first kappa shape index (κ1) is 25.1. The molecule has 4 aromatic rings. The Hall–Kier alpha value is -3.56. The van der Waals surface area contributed by atoms with Crippen molar-refractivity contribution in [2.24, 2.45) is 0 Å². The summed E-state index contributed by atoms with van der Waals surface area (Å²) in [5.74, 6) is -0.0372. The van der Waals surface area contributed by atoms with Crippen LogP contribution in [0.4, 0.5) is 5.69 Å². The van der Waals surface area contributed by atoms with Crippen molar-refractivity contribution in [3.8, 4) is 5.13 Å². The highest BCUT2D eigenvalue weighted by molar-refractivity contribution is 7.80. The molecule has 9 heteroatoms. The number of thiazole rings is 1. The van der Waals surface area contributed by atoms with Crippen LogP contribution in [0.3, 0.4) is 0 Å². The van der Waals surface area contributed by atoms with Gasteiger partial charge in [-0.15, -0.1) is 11.3 Å². The van der Waals surface area contributed by atoms with E-state index in [4.69, 9.17) is 12.2 Å². The van der Waals surface area contributed by atoms with Gasteiger partial charge in [-0.3, -0.25) is 14.3 Å². The third kappa shape index (κ3) is 5.01. The molecule has 4 heterocycles. The Balaban J connectivity index is 1.45. The van der Waals surface area contributed by atoms with Gasteiger partial charge in [-0.05, 0) is 80.9 Å². The lowest BCUT2D eigenvalue weighted by atomic mass is 9.96. The van der Waals surface area contributed by atoms with Gasteiger partial charge >= 0.3 is 0 Å². The third-order valence-electron chi connectivity index (χ3n) is 6.84. The average Bonchev–Trinajstić information content (AvgIpc) is 3.58. The van der Waals surface area contributed by atoms with E-state index in [1.807, 2.05) is 61.8 Å². The van der Waals surface area contributed by atoms with Crippen molar-refractivity contribution in [2.75, 3.05) is 11.9 Å². The third-order valence-corrected chi connectivity index (χ3v) is 7.95. The van der Waals surface area contributed by atoms with Gasteiger partial charge in [0.25, 0.3) is 0 Å². The molecule has 37 heavy (non-hydrogen) atoms. The Labute approximate surface area is 226 Å². The van der Waals surface area contributed by atoms with E-state index >= 15 is 0 Å². The van der Waals surface area contributed by atoms with Crippen LogP contribution in [0.5, 0.6) is 0 Å². The molecule has 1 aliphatic rings. The Morgan fingerprint density at radius 1 is 1.11 bits per heavy atom. The van der Waals surface area contributed by atoms with Crippen LogP contribution < -0.4 is 10.6 Å². The van der Waals surface area contributed by atoms with E-state index in [2.05, 4.69) is 50.0 Å². The Morgan fingerprint density at radius 2 is 1.95 bits per heavy atom. The predicted octanol–water partition coefficient (Wildman–Crippen LogP) is 5.56. The Kier molecular flexibility index (Phi) is 7.08. The number of rotatable bonds is 7. The van der Waals surface area contributed by atoms with E-state index in [0.717, 1.165) is 44.6 Å². The van der Waals surface area contributed by atoms with Crippen LogP contribution in [0, 0.1) is 27.7 Å². The first-order chi connectivity index (χ1) is 17.8. The summed E-state index contributed by atoms with van der Waals surface area (Å²) in [6, 6.07) is 13.9. The SMILES string of the molecule is Cc1ccc(C)c(NC(=O)CCN2C(=S)N[C@H](c3ccccn3)[C@H]2c2cc(C)n(-c3nccs3)c2C)c1. The highest BCUT2D eigenvalue weighted by Crippen LogP contribution is 2.41. The molecule has 0 spiro atoms. The highest BCUT2D eigenvalue weighted by atomic mass is 32.1. The normalized spacial score (nSPS) is 17.2. The fourth-order valence-corrected chi connectivity index (χ4v) is 6.08. The maximum Gasteiger partial charge on any atom is 0.226 e. The van der Waals surface area contributed by atoms with Gasteiger partial charge in [0.15, 0.2) is 10.2 Å². The molecule has 0 aliphatic carbocycles. The smallest absolute Gasteiger partial charge is 0.226 e. The zero-order chi connectivity index (χ0) is 26.1. The lowest BCUT2D eigenvalue weighted by Crippen LogP contribution is -2.33. The van der Waals surface area contributed by atoms with Crippen molar-refractivity contribution in [1.29, 1.82) is 0 Å². The van der Waals surface area contributed by atoms with Crippen molar-refractivity contribution < 1.29 is 4.79 Å². The van der Waals surface area contributed by atoms with Gasteiger partial charge in [0, 0.05) is 47.8 Å². The van der Waals surface area contributed by atoms with Gasteiger partial charge in [0.05, 0.1) is 17.8 Å². The first-order valence-corrected chi connectivity index (χ1v) is 13.6. The van der Waals surface area contributed by atoms with E-state index in [0.29, 0.717) is 18.1 Å². The molecule has 7 nitrogen and oxygen atoms in total. The van der Waals surface area contributed by atoms with E-state index < -0.39 is 0 Å². The highest BCUT2D eigenvalue weighted by Gasteiger charge is 2.41. The molecule has 0 saturated carbocycles. The molecule has 0 radical (unpaired) electrons. The van der Waals surface area contributed by atoms with E-state index in [1.165, 1.54) is 0 Å². The van der Waals surface area contributed by atoms with Crippen LogP contribution >= 0.6 is 23.6 Å². The Morgan fingerprint density at radius 3 is 2.68 bits per heavy atom. The largest absolute Gasteiger partial charge is 0.352 e. The molecule has 2 atom stereocenters. The number of carbonyl (C=O) groups excluding carboxylic acids is 1. The summed E-state index contributed by atoms with van der Waals surface area (Å²) in [5, 5.41) is 10.1. The fraction of sp³-hybridized carbons (Fsp3) is 0.286. The summed E-state index contributed by atoms with van der Waals surface area (Å²) < 4.78 is 2.18. The number of aryl methyl sites for hydroxylation is 3. The number of pyridine rings is 1. The zero-order valence-corrected chi connectivity index (χ0v) is 23.0. The van der Waals surface area contributed by atoms with Crippen molar-refractivity contribution >= 4 is 40.3 Å². The minimum atomic E-state index is -0.138. The number of hydrogen-bond donors (Lipinski definition) is 2. The molecule has 1 saturated heterocycles. The summed E-state index contributed by atoms with van der Waals surface area (Å²) in [6.07, 6.45) is 3.93. The summed E-state index contributed by atoms with van der Waals surface area (Å²) in [5.41, 5.74) is 7.27. The minimum absolute atomic E-state index is 0.0372. The molecule has 1 amide bonds. The minimum Gasteiger partial charge on any atom is -0.352 e. The summed E-state index contributed by atoms with van der Waals surface area (Å²) in [6.45, 7) is 8.72. The number of amides is 1. The summed E-state index contributed by atoms with van der Waals surface area (Å²) >= 11 is 7.42. The van der Waals surface area contributed by atoms with Crippen molar-refractivity contribution in [3.63, 3.8) is 0 Å². The van der Waals surface area contributed by atoms with Crippen molar-refractivity contribution in [2.45, 2.75) is 46.2 Å². The number of thiocarbonyl (C=S) groups is 1. The molecule has 3 aromatic heterocycles. The van der Waals surface area contributed by atoms with Crippen LogP contribution in [-0.4, -0.2) is 37.0 Å². The van der Waals surface area contributed by atoms with E-state index in [9.17, 15) is 4.79 Å². The molecule has 1 aromatic carbocycles. The summed E-state index contributed by atoms with van der Waals surface area (Å²) in [4.78, 5) is 24.3. The average molecular weight is 531 g/mol. The van der Waals surface area contributed by atoms with Crippen LogP contribution in [0.1, 0.15) is 52.3 Å². The maximum absolute atomic E-state index is 13.0. The lowest BCUT2D eigenvalue weighted by Gasteiger charge is -2.28. The molecular weight excluding hydrogens is 500 g/mol. The summed E-state index contributed by atoms with van der Waals surface area (Å²) in [7, 11) is 0.